The van der Waals surface area contributed by atoms with E-state index in [1.165, 1.54) is 0 Å². The average molecular weight is 259 g/mol. The molecule has 0 aliphatic rings. The van der Waals surface area contributed by atoms with E-state index < -0.39 is 12.2 Å². The Balaban J connectivity index is 2.79. The topological polar surface area (TPSA) is 12.0 Å². The number of alkyl halides is 3. The molecule has 1 rings (SSSR count). The van der Waals surface area contributed by atoms with Gasteiger partial charge in [-0.25, -0.2) is 0 Å². The molecule has 0 aliphatic heterocycles. The van der Waals surface area contributed by atoms with Gasteiger partial charge in [0.15, 0.2) is 0 Å². The fourth-order valence-electron chi connectivity index (χ4n) is 1.79. The van der Waals surface area contributed by atoms with Crippen molar-refractivity contribution in [2.24, 2.45) is 0 Å². The summed E-state index contributed by atoms with van der Waals surface area (Å²) in [6.45, 7) is 6.11. The Kier molecular flexibility index (Phi) is 5.20. The minimum Gasteiger partial charge on any atom is -0.306 e. The minimum atomic E-state index is -4.20. The Labute approximate surface area is 106 Å². The molecule has 1 N–H and O–H groups in total. The third kappa shape index (κ3) is 4.33. The molecule has 0 saturated carbocycles. The van der Waals surface area contributed by atoms with E-state index >= 15 is 0 Å². The molecule has 1 aromatic carbocycles. The molecular weight excluding hydrogens is 239 g/mol. The van der Waals surface area contributed by atoms with Gasteiger partial charge in [0.05, 0.1) is 0 Å². The van der Waals surface area contributed by atoms with E-state index in [0.29, 0.717) is 13.0 Å². The Hall–Kier alpha value is -1.03. The molecule has 0 saturated heterocycles. The van der Waals surface area contributed by atoms with E-state index in [0.717, 1.165) is 16.7 Å². The van der Waals surface area contributed by atoms with Crippen LogP contribution in [-0.4, -0.2) is 18.8 Å². The van der Waals surface area contributed by atoms with Crippen molar-refractivity contribution >= 4 is 0 Å². The second kappa shape index (κ2) is 6.23. The highest BCUT2D eigenvalue weighted by Gasteiger charge is 2.38. The van der Waals surface area contributed by atoms with Gasteiger partial charge in [-0.2, -0.15) is 13.2 Å². The first-order valence-electron chi connectivity index (χ1n) is 6.20. The first-order chi connectivity index (χ1) is 8.34. The summed E-state index contributed by atoms with van der Waals surface area (Å²) in [6, 6.07) is 4.02. The molecule has 1 unspecified atom stereocenters. The molecule has 0 heterocycles. The van der Waals surface area contributed by atoms with Crippen molar-refractivity contribution in [1.82, 2.24) is 5.32 Å². The van der Waals surface area contributed by atoms with Gasteiger partial charge >= 0.3 is 6.18 Å². The van der Waals surface area contributed by atoms with Gasteiger partial charge in [0.25, 0.3) is 0 Å². The van der Waals surface area contributed by atoms with Gasteiger partial charge in [-0.05, 0) is 49.9 Å². The number of rotatable bonds is 5. The predicted octanol–water partition coefficient (Wildman–Crippen LogP) is 3.78. The maximum Gasteiger partial charge on any atom is 0.404 e. The van der Waals surface area contributed by atoms with Crippen molar-refractivity contribution in [2.75, 3.05) is 6.54 Å². The highest BCUT2D eigenvalue weighted by molar-refractivity contribution is 5.30. The maximum atomic E-state index is 12.8. The number of halogens is 3. The monoisotopic (exact) mass is 259 g/mol. The minimum absolute atomic E-state index is 0.00931. The molecule has 0 fully saturated rings. The molecule has 1 aromatic rings. The van der Waals surface area contributed by atoms with Gasteiger partial charge in [-0.1, -0.05) is 25.1 Å². The first-order valence-corrected chi connectivity index (χ1v) is 6.20. The van der Waals surface area contributed by atoms with Gasteiger partial charge in [0, 0.05) is 0 Å². The van der Waals surface area contributed by atoms with Crippen LogP contribution in [0.3, 0.4) is 0 Å². The van der Waals surface area contributed by atoms with E-state index in [9.17, 15) is 13.2 Å². The second-order valence-corrected chi connectivity index (χ2v) is 4.67. The number of benzene rings is 1. The summed E-state index contributed by atoms with van der Waals surface area (Å²) in [5, 5.41) is 2.57. The lowest BCUT2D eigenvalue weighted by Crippen LogP contribution is -2.44. The lowest BCUT2D eigenvalue weighted by Gasteiger charge is -2.22. The average Bonchev–Trinajstić information content (AvgIpc) is 2.27. The molecule has 0 aromatic heterocycles. The fraction of sp³-hybridized carbons (Fsp3) is 0.571. The van der Waals surface area contributed by atoms with Gasteiger partial charge in [-0.3, -0.25) is 0 Å². The number of aryl methyl sites for hydroxylation is 2. The summed E-state index contributed by atoms with van der Waals surface area (Å²) in [7, 11) is 0. The maximum absolute atomic E-state index is 12.8. The van der Waals surface area contributed by atoms with Gasteiger partial charge < -0.3 is 5.32 Å². The summed E-state index contributed by atoms with van der Waals surface area (Å²) >= 11 is 0. The van der Waals surface area contributed by atoms with Crippen LogP contribution < -0.4 is 5.32 Å². The summed E-state index contributed by atoms with van der Waals surface area (Å²) in [6.07, 6.45) is -3.52. The Bertz CT molecular complexity index is 385. The van der Waals surface area contributed by atoms with E-state index in [2.05, 4.69) is 5.32 Å². The number of hydrogen-bond donors (Lipinski definition) is 1. The molecule has 1 atom stereocenters. The van der Waals surface area contributed by atoms with Crippen LogP contribution in [-0.2, 0) is 6.42 Å². The molecule has 102 valence electrons. The van der Waals surface area contributed by atoms with E-state index in [4.69, 9.17) is 0 Å². The molecule has 0 spiro atoms. The third-order valence-corrected chi connectivity index (χ3v) is 3.05. The van der Waals surface area contributed by atoms with Gasteiger partial charge in [0.2, 0.25) is 0 Å². The van der Waals surface area contributed by atoms with Crippen molar-refractivity contribution in [3.05, 3.63) is 34.9 Å². The molecule has 0 amide bonds. The molecule has 0 bridgehead atoms. The molecular formula is C14H20F3N. The van der Waals surface area contributed by atoms with E-state index in [1.807, 2.05) is 32.9 Å². The van der Waals surface area contributed by atoms with Crippen LogP contribution in [0.5, 0.6) is 0 Å². The van der Waals surface area contributed by atoms with Crippen molar-refractivity contribution in [2.45, 2.75) is 45.8 Å². The van der Waals surface area contributed by atoms with E-state index in [-0.39, 0.29) is 6.42 Å². The number of nitrogens with one attached hydrogen (secondary N) is 1. The summed E-state index contributed by atoms with van der Waals surface area (Å²) in [5.74, 6) is 0. The molecule has 18 heavy (non-hydrogen) atoms. The fourth-order valence-corrected chi connectivity index (χ4v) is 1.79. The van der Waals surface area contributed by atoms with Gasteiger partial charge in [-0.15, -0.1) is 0 Å². The summed E-state index contributed by atoms with van der Waals surface area (Å²) in [5.41, 5.74) is 2.86. The van der Waals surface area contributed by atoms with Crippen LogP contribution in [0, 0.1) is 13.8 Å². The molecule has 0 aliphatic carbocycles. The van der Waals surface area contributed by atoms with Crippen LogP contribution in [0.4, 0.5) is 13.2 Å². The lowest BCUT2D eigenvalue weighted by molar-refractivity contribution is -0.155. The summed E-state index contributed by atoms with van der Waals surface area (Å²) < 4.78 is 38.5. The molecule has 1 nitrogen and oxygen atoms in total. The lowest BCUT2D eigenvalue weighted by atomic mass is 10.0. The van der Waals surface area contributed by atoms with Crippen molar-refractivity contribution in [3.8, 4) is 0 Å². The standard InChI is InChI=1S/C14H20F3N/c1-4-7-18-13(14(15,16)17)9-12-6-5-10(2)11(3)8-12/h5-6,8,13,18H,4,7,9H2,1-3H3. The zero-order valence-electron chi connectivity index (χ0n) is 11.1. The summed E-state index contributed by atoms with van der Waals surface area (Å²) in [4.78, 5) is 0. The quantitative estimate of drug-likeness (QED) is 0.848. The normalized spacial score (nSPS) is 13.7. The predicted molar refractivity (Wildman–Crippen MR) is 67.8 cm³/mol. The van der Waals surface area contributed by atoms with E-state index in [1.54, 1.807) is 6.07 Å². The number of hydrogen-bond acceptors (Lipinski definition) is 1. The van der Waals surface area contributed by atoms with Crippen LogP contribution >= 0.6 is 0 Å². The molecule has 0 radical (unpaired) electrons. The zero-order valence-corrected chi connectivity index (χ0v) is 11.1. The Morgan fingerprint density at radius 3 is 2.33 bits per heavy atom. The highest BCUT2D eigenvalue weighted by Crippen LogP contribution is 2.24. The highest BCUT2D eigenvalue weighted by atomic mass is 19.4. The first kappa shape index (κ1) is 15.0. The largest absolute Gasteiger partial charge is 0.404 e. The van der Waals surface area contributed by atoms with Crippen molar-refractivity contribution in [1.29, 1.82) is 0 Å². The Morgan fingerprint density at radius 1 is 1.17 bits per heavy atom. The van der Waals surface area contributed by atoms with Crippen LogP contribution in [0.1, 0.15) is 30.0 Å². The van der Waals surface area contributed by atoms with Crippen LogP contribution in [0.25, 0.3) is 0 Å². The second-order valence-electron chi connectivity index (χ2n) is 4.67. The third-order valence-electron chi connectivity index (χ3n) is 3.05. The van der Waals surface area contributed by atoms with Crippen LogP contribution in [0.15, 0.2) is 18.2 Å². The smallest absolute Gasteiger partial charge is 0.306 e. The van der Waals surface area contributed by atoms with Crippen molar-refractivity contribution in [3.63, 3.8) is 0 Å². The van der Waals surface area contributed by atoms with Gasteiger partial charge in [0.1, 0.15) is 6.04 Å². The molecule has 4 heteroatoms. The van der Waals surface area contributed by atoms with Crippen molar-refractivity contribution < 1.29 is 13.2 Å². The zero-order chi connectivity index (χ0) is 13.8. The SMILES string of the molecule is CCCNC(Cc1ccc(C)c(C)c1)C(F)(F)F. The Morgan fingerprint density at radius 2 is 1.83 bits per heavy atom. The van der Waals surface area contributed by atoms with Crippen LogP contribution in [0.2, 0.25) is 0 Å².